The molecule has 0 spiro atoms. The van der Waals surface area contributed by atoms with Gasteiger partial charge in [0.15, 0.2) is 17.7 Å². The van der Waals surface area contributed by atoms with E-state index in [2.05, 4.69) is 15.0 Å². The maximum Gasteiger partial charge on any atom is 0.380 e. The van der Waals surface area contributed by atoms with E-state index < -0.39 is 44.6 Å². The summed E-state index contributed by atoms with van der Waals surface area (Å²) in [4.78, 5) is 14.0. The lowest BCUT2D eigenvalue weighted by Gasteiger charge is -2.18. The van der Waals surface area contributed by atoms with Crippen LogP contribution in [0.25, 0.3) is 11.2 Å². The first kappa shape index (κ1) is 36.6. The predicted molar refractivity (Wildman–Crippen MR) is 178 cm³/mol. The van der Waals surface area contributed by atoms with Crippen LogP contribution < -0.4 is 14.8 Å². The van der Waals surface area contributed by atoms with E-state index in [1.54, 1.807) is 11.8 Å². The zero-order chi connectivity index (χ0) is 33.5. The van der Waals surface area contributed by atoms with Crippen molar-refractivity contribution < 1.29 is 47.2 Å². The second kappa shape index (κ2) is 16.2. The molecule has 0 unspecified atom stereocenters. The van der Waals surface area contributed by atoms with Crippen LogP contribution >= 0.6 is 25.2 Å². The van der Waals surface area contributed by atoms with E-state index in [9.17, 15) is 10.2 Å². The quantitative estimate of drug-likeness (QED) is 0.154. The molecule has 5 N–H and O–H groups in total. The van der Waals surface area contributed by atoms with E-state index in [0.717, 1.165) is 9.79 Å². The van der Waals surface area contributed by atoms with Crippen LogP contribution in [-0.4, -0.2) is 88.2 Å². The minimum absolute atomic E-state index is 0.218. The van der Waals surface area contributed by atoms with Crippen molar-refractivity contribution in [3.63, 3.8) is 0 Å². The Labute approximate surface area is 279 Å². The Bertz CT molecular complexity index is 1600. The van der Waals surface area contributed by atoms with E-state index in [-0.39, 0.29) is 5.82 Å². The minimum atomic E-state index is -2.73. The zero-order valence-electron chi connectivity index (χ0n) is 25.0. The van der Waals surface area contributed by atoms with Gasteiger partial charge in [-0.3, -0.25) is 4.57 Å². The lowest BCUT2D eigenvalue weighted by atomic mass is 10.1. The minimum Gasteiger partial charge on any atom is -0.424 e. The average molecular weight is 734 g/mol. The van der Waals surface area contributed by atoms with Crippen molar-refractivity contribution in [2.24, 2.45) is 0 Å². The number of aromatic nitrogens is 4. The molecule has 5 rings (SSSR count). The average Bonchev–Trinajstić information content (AvgIpc) is 3.63. The molecule has 15 nitrogen and oxygen atoms in total. The van der Waals surface area contributed by atoms with Gasteiger partial charge in [-0.2, -0.15) is 0 Å². The maximum atomic E-state index is 9.95. The van der Waals surface area contributed by atoms with Crippen LogP contribution in [0.4, 0.5) is 5.82 Å². The van der Waals surface area contributed by atoms with Gasteiger partial charge in [-0.1, -0.05) is 11.8 Å². The maximum absolute atomic E-state index is 9.95. The molecule has 4 aromatic rings. The molecule has 3 heterocycles. The molecule has 2 aromatic carbocycles. The van der Waals surface area contributed by atoms with Crippen molar-refractivity contribution in [2.45, 2.75) is 34.3 Å². The summed E-state index contributed by atoms with van der Waals surface area (Å²) >= 11 is 12.0. The molecule has 1 aliphatic rings. The number of nitrogens with zero attached hydrogens (tertiary/aromatic N) is 4. The molecule has 1 saturated heterocycles. The molecule has 20 heteroatoms. The van der Waals surface area contributed by atoms with Crippen LogP contribution in [-0.2, 0) is 46.4 Å². The van der Waals surface area contributed by atoms with Crippen LogP contribution in [0.1, 0.15) is 6.23 Å². The van der Waals surface area contributed by atoms with Crippen LogP contribution in [0.5, 0.6) is 11.5 Å². The molecular formula is C26H33N5O10P2S3. The number of hydrogen-bond acceptors (Lipinski definition) is 17. The summed E-state index contributed by atoms with van der Waals surface area (Å²) in [6, 6.07) is 15.0. The number of anilines is 1. The number of fused-ring (bicyclic) bond motifs is 1. The second-order valence-corrected chi connectivity index (χ2v) is 16.6. The number of rotatable bonds is 12. The summed E-state index contributed by atoms with van der Waals surface area (Å²) in [7, 11) is 5.89. The summed E-state index contributed by atoms with van der Waals surface area (Å²) in [6.45, 7) is -5.84. The molecule has 0 aliphatic carbocycles. The molecule has 0 saturated carbocycles. The molecule has 0 bridgehead atoms. The van der Waals surface area contributed by atoms with Crippen LogP contribution in [0, 0.1) is 0 Å². The topological polar surface area (TPSA) is 195 Å². The van der Waals surface area contributed by atoms with Crippen LogP contribution in [0.3, 0.4) is 0 Å². The number of nitrogens with two attached hydrogens (primary N) is 1. The Balaban J connectivity index is 0.000000221. The van der Waals surface area contributed by atoms with Crippen molar-refractivity contribution in [2.75, 3.05) is 40.8 Å². The number of nitrogen functional groups attached to an aromatic ring is 1. The number of hydrogen-bond donors (Lipinski definition) is 4. The van der Waals surface area contributed by atoms with Crippen LogP contribution in [0.2, 0.25) is 0 Å². The smallest absolute Gasteiger partial charge is 0.380 e. The summed E-state index contributed by atoms with van der Waals surface area (Å²) in [5, 5.41) is 28.7. The fourth-order valence-electron chi connectivity index (χ4n) is 4.00. The summed E-state index contributed by atoms with van der Waals surface area (Å²) in [5.74, 6) is 1.41. The standard InChI is InChI=1S/C16H20O6P2S3.C10H13N5O4/c1-17-23(25,18-2)21-13-5-9-15(10-6-13)27-16-11-7-14(8-12-16)22-24(26,19-3)20-4;11-8-5-9(13-2-12-8)15(3-14-5)10-7(18)6(17)4(1-16)19-10/h5-12H,1-4H3;2-4,6-7,10,16-18H,1H2,(H2,11,12,13)/t;4-,6-,7-,10-/m.1/s1. The van der Waals surface area contributed by atoms with Gasteiger partial charge < -0.3 is 52.9 Å². The van der Waals surface area contributed by atoms with Crippen LogP contribution in [0.15, 0.2) is 71.0 Å². The Morgan fingerprint density at radius 2 is 1.33 bits per heavy atom. The third kappa shape index (κ3) is 8.79. The Morgan fingerprint density at radius 1 is 0.826 bits per heavy atom. The normalized spacial score (nSPS) is 19.9. The molecule has 4 atom stereocenters. The molecular weight excluding hydrogens is 700 g/mol. The fourth-order valence-corrected chi connectivity index (χ4v) is 6.68. The SMILES string of the molecule is COP(=S)(OC)Oc1ccc(Sc2ccc(OP(=S)(OC)OC)cc2)cc1.Nc1ncnc2c1ncn2[C@@H]1O[C@H](CO)[C@@H](O)[C@H]1O. The van der Waals surface area contributed by atoms with Gasteiger partial charge in [-0.25, -0.2) is 15.0 Å². The van der Waals surface area contributed by atoms with Gasteiger partial charge in [0.05, 0.1) is 12.9 Å². The summed E-state index contributed by atoms with van der Waals surface area (Å²) in [6.07, 6.45) is -1.42. The van der Waals surface area contributed by atoms with E-state index in [4.69, 9.17) is 66.3 Å². The molecule has 0 radical (unpaired) electrons. The number of aliphatic hydroxyl groups excluding tert-OH is 3. The predicted octanol–water partition coefficient (Wildman–Crippen LogP) is 3.65. The van der Waals surface area contributed by atoms with Crippen molar-refractivity contribution in [3.8, 4) is 11.5 Å². The Morgan fingerprint density at radius 3 is 1.76 bits per heavy atom. The van der Waals surface area contributed by atoms with E-state index in [1.165, 1.54) is 45.7 Å². The van der Waals surface area contributed by atoms with Gasteiger partial charge in [0, 0.05) is 61.8 Å². The van der Waals surface area contributed by atoms with Gasteiger partial charge >= 0.3 is 13.4 Å². The van der Waals surface area contributed by atoms with E-state index >= 15 is 0 Å². The highest BCUT2D eigenvalue weighted by atomic mass is 32.5. The lowest BCUT2D eigenvalue weighted by molar-refractivity contribution is -0.0511. The molecule has 46 heavy (non-hydrogen) atoms. The highest BCUT2D eigenvalue weighted by molar-refractivity contribution is 8.08. The summed E-state index contributed by atoms with van der Waals surface area (Å²) < 4.78 is 38.6. The van der Waals surface area contributed by atoms with Gasteiger partial charge in [-0.15, -0.1) is 0 Å². The van der Waals surface area contributed by atoms with Gasteiger partial charge in [0.1, 0.15) is 41.7 Å². The Kier molecular flexibility index (Phi) is 12.9. The van der Waals surface area contributed by atoms with Gasteiger partial charge in [0.2, 0.25) is 0 Å². The summed E-state index contributed by atoms with van der Waals surface area (Å²) in [5.41, 5.74) is 6.44. The van der Waals surface area contributed by atoms with Gasteiger partial charge in [0.25, 0.3) is 0 Å². The number of aliphatic hydroxyl groups is 3. The molecule has 250 valence electrons. The fraction of sp³-hybridized carbons (Fsp3) is 0.346. The van der Waals surface area contributed by atoms with E-state index in [0.29, 0.717) is 22.7 Å². The number of benzene rings is 2. The lowest BCUT2D eigenvalue weighted by Crippen LogP contribution is -2.33. The van der Waals surface area contributed by atoms with Crippen molar-refractivity contribution in [1.82, 2.24) is 19.5 Å². The first-order valence-electron chi connectivity index (χ1n) is 13.2. The van der Waals surface area contributed by atoms with Crippen molar-refractivity contribution >= 4 is 65.8 Å². The molecule has 1 aliphatic heterocycles. The number of ether oxygens (including phenoxy) is 1. The second-order valence-electron chi connectivity index (χ2n) is 9.16. The number of imidazole rings is 1. The highest BCUT2D eigenvalue weighted by Crippen LogP contribution is 2.49. The van der Waals surface area contributed by atoms with Crippen molar-refractivity contribution in [1.29, 1.82) is 0 Å². The first-order valence-corrected chi connectivity index (χ1v) is 19.2. The zero-order valence-corrected chi connectivity index (χ0v) is 29.2. The van der Waals surface area contributed by atoms with Gasteiger partial charge in [-0.05, 0) is 48.5 Å². The third-order valence-electron chi connectivity index (χ3n) is 6.39. The molecule has 2 aromatic heterocycles. The van der Waals surface area contributed by atoms with Crippen molar-refractivity contribution in [3.05, 3.63) is 61.2 Å². The third-order valence-corrected chi connectivity index (χ3v) is 12.3. The Hall–Kier alpha value is -2.28. The molecule has 0 amide bonds. The van der Waals surface area contributed by atoms with E-state index in [1.807, 2.05) is 48.5 Å². The monoisotopic (exact) mass is 733 g/mol. The highest BCUT2D eigenvalue weighted by Gasteiger charge is 2.44. The molecule has 1 fully saturated rings. The first-order chi connectivity index (χ1) is 22.0. The largest absolute Gasteiger partial charge is 0.424 e.